The van der Waals surface area contributed by atoms with Crippen LogP contribution < -0.4 is 0 Å². The molecule has 0 spiro atoms. The van der Waals surface area contributed by atoms with Gasteiger partial charge in [0, 0.05) is 13.5 Å². The fourth-order valence-corrected chi connectivity index (χ4v) is 5.01. The van der Waals surface area contributed by atoms with Gasteiger partial charge in [-0.15, -0.1) is 0 Å². The number of carbonyl (C=O) groups excluding carboxylic acids is 2. The van der Waals surface area contributed by atoms with E-state index in [2.05, 4.69) is 6.92 Å². The lowest BCUT2D eigenvalue weighted by Gasteiger charge is -2.45. The monoisotopic (exact) mass is 437 g/mol. The lowest BCUT2D eigenvalue weighted by molar-refractivity contribution is -0.257. The average Bonchev–Trinajstić information content (AvgIpc) is 3.56. The predicted molar refractivity (Wildman–Crippen MR) is 114 cm³/mol. The number of nitrogens with zero attached hydrogens (tertiary/aromatic N) is 1. The van der Waals surface area contributed by atoms with Crippen LogP contribution in [0.3, 0.4) is 0 Å². The molecule has 7 nitrogen and oxygen atoms in total. The molecule has 0 N–H and O–H groups in total. The van der Waals surface area contributed by atoms with Gasteiger partial charge in [-0.2, -0.15) is 0 Å². The minimum Gasteiger partial charge on any atom is -0.439 e. The minimum absolute atomic E-state index is 0.422. The standard InChI is InChI=1S/C25H27NO6/c1-3-4-15-25(29-2)22(20-21(30-20)23(27)32-25)26-18(16-11-7-5-8-12-16)19(31-24(26)28)17-13-9-6-10-14-17/h5-14,18-22H,3-4,15H2,1-2H3/t18-,19+,20+,21-,22-,25-/m1/s1. The number of fused-ring (bicyclic) bond motifs is 1. The maximum atomic E-state index is 13.4. The van der Waals surface area contributed by atoms with Crippen LogP contribution in [0.4, 0.5) is 4.79 Å². The minimum atomic E-state index is -1.29. The fraction of sp³-hybridized carbons (Fsp3) is 0.440. The second kappa shape index (κ2) is 8.22. The highest BCUT2D eigenvalue weighted by Crippen LogP contribution is 2.52. The highest BCUT2D eigenvalue weighted by atomic mass is 16.7. The van der Waals surface area contributed by atoms with Crippen LogP contribution >= 0.6 is 0 Å². The van der Waals surface area contributed by atoms with E-state index in [-0.39, 0.29) is 0 Å². The maximum Gasteiger partial charge on any atom is 0.411 e. The molecule has 3 aliphatic rings. The molecule has 5 rings (SSSR count). The molecular formula is C25H27NO6. The van der Waals surface area contributed by atoms with E-state index in [1.54, 1.807) is 4.90 Å². The topological polar surface area (TPSA) is 77.6 Å². The number of benzene rings is 2. The van der Waals surface area contributed by atoms with Crippen molar-refractivity contribution in [1.29, 1.82) is 0 Å². The third-order valence-corrected chi connectivity index (χ3v) is 6.61. The van der Waals surface area contributed by atoms with Crippen LogP contribution in [0.25, 0.3) is 0 Å². The van der Waals surface area contributed by atoms with Crippen LogP contribution in [0.5, 0.6) is 0 Å². The molecule has 32 heavy (non-hydrogen) atoms. The summed E-state index contributed by atoms with van der Waals surface area (Å²) in [6, 6.07) is 18.4. The summed E-state index contributed by atoms with van der Waals surface area (Å²) in [7, 11) is 1.52. The Bertz CT molecular complexity index is 982. The number of amides is 1. The van der Waals surface area contributed by atoms with E-state index in [1.807, 2.05) is 60.7 Å². The number of cyclic esters (lactones) is 2. The van der Waals surface area contributed by atoms with Crippen molar-refractivity contribution in [1.82, 2.24) is 4.90 Å². The van der Waals surface area contributed by atoms with E-state index in [1.165, 1.54) is 7.11 Å². The van der Waals surface area contributed by atoms with Gasteiger partial charge in [-0.3, -0.25) is 4.90 Å². The summed E-state index contributed by atoms with van der Waals surface area (Å²) in [6.07, 6.45) is -0.0140. The molecule has 3 saturated heterocycles. The Morgan fingerprint density at radius 3 is 2.25 bits per heavy atom. The Morgan fingerprint density at radius 1 is 0.969 bits per heavy atom. The highest BCUT2D eigenvalue weighted by molar-refractivity contribution is 5.81. The highest BCUT2D eigenvalue weighted by Gasteiger charge is 2.69. The number of methoxy groups -OCH3 is 1. The summed E-state index contributed by atoms with van der Waals surface area (Å²) in [5.74, 6) is -1.73. The zero-order valence-electron chi connectivity index (χ0n) is 18.2. The Hall–Kier alpha value is -2.90. The fourth-order valence-electron chi connectivity index (χ4n) is 5.01. The molecule has 0 aliphatic carbocycles. The van der Waals surface area contributed by atoms with Gasteiger partial charge in [-0.05, 0) is 17.5 Å². The van der Waals surface area contributed by atoms with Crippen LogP contribution in [0, 0.1) is 0 Å². The molecule has 0 radical (unpaired) electrons. The average molecular weight is 437 g/mol. The first-order valence-electron chi connectivity index (χ1n) is 11.1. The van der Waals surface area contributed by atoms with Gasteiger partial charge in [0.15, 0.2) is 12.2 Å². The van der Waals surface area contributed by atoms with Gasteiger partial charge >= 0.3 is 12.1 Å². The molecule has 3 heterocycles. The molecule has 2 aromatic rings. The molecule has 3 aliphatic heterocycles. The first-order valence-corrected chi connectivity index (χ1v) is 11.1. The number of unbranched alkanes of at least 4 members (excludes halogenated alkanes) is 1. The van der Waals surface area contributed by atoms with Gasteiger partial charge in [-0.1, -0.05) is 74.0 Å². The molecule has 168 valence electrons. The van der Waals surface area contributed by atoms with E-state index in [0.29, 0.717) is 6.42 Å². The second-order valence-electron chi connectivity index (χ2n) is 8.48. The summed E-state index contributed by atoms with van der Waals surface area (Å²) < 4.78 is 23.4. The number of carbonyl (C=O) groups is 2. The van der Waals surface area contributed by atoms with E-state index in [9.17, 15) is 9.59 Å². The number of epoxide rings is 1. The number of esters is 1. The van der Waals surface area contributed by atoms with Gasteiger partial charge in [0.25, 0.3) is 0 Å². The quantitative estimate of drug-likeness (QED) is 0.478. The Balaban J connectivity index is 1.61. The summed E-state index contributed by atoms with van der Waals surface area (Å²) in [4.78, 5) is 27.6. The molecule has 7 heteroatoms. The molecule has 2 aromatic carbocycles. The van der Waals surface area contributed by atoms with Crippen LogP contribution in [0.2, 0.25) is 0 Å². The van der Waals surface area contributed by atoms with Gasteiger partial charge in [-0.25, -0.2) is 9.59 Å². The molecule has 0 unspecified atom stereocenters. The number of rotatable bonds is 7. The van der Waals surface area contributed by atoms with Crippen molar-refractivity contribution in [3.05, 3.63) is 71.8 Å². The van der Waals surface area contributed by atoms with Crippen LogP contribution in [0.15, 0.2) is 60.7 Å². The lowest BCUT2D eigenvalue weighted by Crippen LogP contribution is -2.63. The molecule has 3 fully saturated rings. The Kier molecular flexibility index (Phi) is 5.39. The van der Waals surface area contributed by atoms with Gasteiger partial charge in [0.05, 0.1) is 0 Å². The summed E-state index contributed by atoms with van der Waals surface area (Å²) in [5, 5.41) is 0. The van der Waals surface area contributed by atoms with E-state index in [4.69, 9.17) is 18.9 Å². The molecular weight excluding hydrogens is 410 g/mol. The maximum absolute atomic E-state index is 13.4. The lowest BCUT2D eigenvalue weighted by atomic mass is 9.88. The third-order valence-electron chi connectivity index (χ3n) is 6.61. The SMILES string of the molecule is CCCC[C@@]1(OC)OC(=O)[C@@H]2O[C@@H]2[C@H]1N1C(=O)O[C@@H](c2ccccc2)[C@H]1c1ccccc1. The van der Waals surface area contributed by atoms with E-state index >= 15 is 0 Å². The number of ether oxygens (including phenoxy) is 4. The van der Waals surface area contributed by atoms with Crippen molar-refractivity contribution in [2.45, 2.75) is 62.4 Å². The summed E-state index contributed by atoms with van der Waals surface area (Å²) in [5.41, 5.74) is 1.83. The zero-order chi connectivity index (χ0) is 22.3. The number of hydrogen-bond donors (Lipinski definition) is 0. The van der Waals surface area contributed by atoms with Crippen molar-refractivity contribution in [2.24, 2.45) is 0 Å². The predicted octanol–water partition coefficient (Wildman–Crippen LogP) is 4.15. The van der Waals surface area contributed by atoms with Crippen LogP contribution in [0.1, 0.15) is 49.5 Å². The van der Waals surface area contributed by atoms with E-state index in [0.717, 1.165) is 24.0 Å². The van der Waals surface area contributed by atoms with Gasteiger partial charge < -0.3 is 18.9 Å². The molecule has 0 bridgehead atoms. The van der Waals surface area contributed by atoms with Crippen LogP contribution in [-0.2, 0) is 23.7 Å². The van der Waals surface area contributed by atoms with Crippen molar-refractivity contribution in [3.63, 3.8) is 0 Å². The van der Waals surface area contributed by atoms with Gasteiger partial charge in [0.2, 0.25) is 5.79 Å². The summed E-state index contributed by atoms with van der Waals surface area (Å²) >= 11 is 0. The Labute approximate surface area is 187 Å². The second-order valence-corrected chi connectivity index (χ2v) is 8.48. The zero-order valence-corrected chi connectivity index (χ0v) is 18.2. The van der Waals surface area contributed by atoms with Crippen molar-refractivity contribution in [2.75, 3.05) is 7.11 Å². The smallest absolute Gasteiger partial charge is 0.411 e. The van der Waals surface area contributed by atoms with Crippen LogP contribution in [-0.4, -0.2) is 48.1 Å². The van der Waals surface area contributed by atoms with Crippen molar-refractivity contribution >= 4 is 12.1 Å². The largest absolute Gasteiger partial charge is 0.439 e. The third kappa shape index (κ3) is 3.36. The summed E-state index contributed by atoms with van der Waals surface area (Å²) in [6.45, 7) is 2.06. The molecule has 6 atom stereocenters. The van der Waals surface area contributed by atoms with E-state index < -0.39 is 48.2 Å². The molecule has 1 amide bonds. The molecule has 0 saturated carbocycles. The number of hydrogen-bond acceptors (Lipinski definition) is 6. The molecule has 0 aromatic heterocycles. The first kappa shape index (κ1) is 21.0. The van der Waals surface area contributed by atoms with Gasteiger partial charge in [0.1, 0.15) is 18.2 Å². The van der Waals surface area contributed by atoms with Crippen molar-refractivity contribution in [3.8, 4) is 0 Å². The normalized spacial score (nSPS) is 33.4. The Morgan fingerprint density at radius 2 is 1.62 bits per heavy atom. The first-order chi connectivity index (χ1) is 15.6. The van der Waals surface area contributed by atoms with Crippen molar-refractivity contribution < 1.29 is 28.5 Å².